The number of carbonyl (C=O) groups is 1. The summed E-state index contributed by atoms with van der Waals surface area (Å²) >= 11 is 1.45. The molecule has 0 unspecified atom stereocenters. The average molecular weight is 295 g/mol. The average Bonchev–Trinajstić information content (AvgIpc) is 2.95. The number of methoxy groups -OCH3 is 2. The molecule has 0 saturated carbocycles. The normalized spacial score (nSPS) is 10.3. The van der Waals surface area contributed by atoms with Crippen molar-refractivity contribution < 1.29 is 23.9 Å². The number of aromatic carboxylic acids is 1. The lowest BCUT2D eigenvalue weighted by Gasteiger charge is -2.13. The van der Waals surface area contributed by atoms with Gasteiger partial charge in [0.15, 0.2) is 0 Å². The second-order valence-electron chi connectivity index (χ2n) is 3.76. The highest BCUT2D eigenvalue weighted by Crippen LogP contribution is 2.43. The van der Waals surface area contributed by atoms with Gasteiger partial charge in [-0.3, -0.25) is 0 Å². The van der Waals surface area contributed by atoms with Gasteiger partial charge in [-0.25, -0.2) is 4.79 Å². The van der Waals surface area contributed by atoms with E-state index in [4.69, 9.17) is 19.1 Å². The van der Waals surface area contributed by atoms with Crippen LogP contribution < -0.4 is 9.47 Å². The van der Waals surface area contributed by atoms with E-state index in [9.17, 15) is 4.79 Å². The molecule has 0 atom stereocenters. The first kappa shape index (κ1) is 14.3. The molecule has 0 aliphatic rings. The second-order valence-corrected chi connectivity index (χ2v) is 4.58. The van der Waals surface area contributed by atoms with E-state index in [-0.39, 0.29) is 5.76 Å². The number of hydrogen-bond acceptors (Lipinski definition) is 6. The molecular weight excluding hydrogens is 282 g/mol. The van der Waals surface area contributed by atoms with Crippen LogP contribution in [-0.2, 0) is 0 Å². The second kappa shape index (κ2) is 5.87. The fourth-order valence-electron chi connectivity index (χ4n) is 1.82. The highest BCUT2D eigenvalue weighted by atomic mass is 32.2. The van der Waals surface area contributed by atoms with Gasteiger partial charge in [-0.1, -0.05) is 5.16 Å². The predicted molar refractivity (Wildman–Crippen MR) is 73.8 cm³/mol. The van der Waals surface area contributed by atoms with Crippen molar-refractivity contribution in [2.75, 3.05) is 20.5 Å². The minimum Gasteiger partial charge on any atom is -0.496 e. The van der Waals surface area contributed by atoms with Crippen LogP contribution in [0.15, 0.2) is 27.6 Å². The highest BCUT2D eigenvalue weighted by molar-refractivity contribution is 7.98. The summed E-state index contributed by atoms with van der Waals surface area (Å²) in [5.74, 6) is -0.165. The smallest absolute Gasteiger partial charge is 0.374 e. The summed E-state index contributed by atoms with van der Waals surface area (Å²) < 4.78 is 15.4. The number of nitrogens with zero attached hydrogens (tertiary/aromatic N) is 1. The van der Waals surface area contributed by atoms with Gasteiger partial charge >= 0.3 is 5.97 Å². The summed E-state index contributed by atoms with van der Waals surface area (Å²) in [4.78, 5) is 11.7. The zero-order chi connectivity index (χ0) is 14.7. The van der Waals surface area contributed by atoms with Crippen LogP contribution in [0, 0.1) is 0 Å². The Morgan fingerprint density at radius 3 is 2.45 bits per heavy atom. The quantitative estimate of drug-likeness (QED) is 0.849. The standard InChI is InChI=1S/C13H13NO5S/c1-17-8-4-5-9(18-2)12(20-3)11(8)7-6-10(13(15)16)19-14-7/h4-6H,1-3H3,(H,15,16). The van der Waals surface area contributed by atoms with Crippen LogP contribution in [0.3, 0.4) is 0 Å². The molecule has 6 nitrogen and oxygen atoms in total. The first-order valence-electron chi connectivity index (χ1n) is 5.61. The van der Waals surface area contributed by atoms with Crippen molar-refractivity contribution in [3.8, 4) is 22.8 Å². The number of benzene rings is 1. The van der Waals surface area contributed by atoms with Crippen molar-refractivity contribution in [1.29, 1.82) is 0 Å². The largest absolute Gasteiger partial charge is 0.496 e. The fourth-order valence-corrected chi connectivity index (χ4v) is 2.58. The Kier molecular flexibility index (Phi) is 4.19. The zero-order valence-electron chi connectivity index (χ0n) is 11.2. The van der Waals surface area contributed by atoms with Crippen molar-refractivity contribution in [3.05, 3.63) is 24.0 Å². The molecule has 0 aliphatic carbocycles. The van der Waals surface area contributed by atoms with E-state index in [2.05, 4.69) is 5.16 Å². The monoisotopic (exact) mass is 295 g/mol. The van der Waals surface area contributed by atoms with Gasteiger partial charge in [0.1, 0.15) is 17.2 Å². The number of ether oxygens (including phenoxy) is 2. The van der Waals surface area contributed by atoms with Crippen LogP contribution in [0.4, 0.5) is 0 Å². The Bertz CT molecular complexity index is 638. The summed E-state index contributed by atoms with van der Waals surface area (Å²) in [6.45, 7) is 0. The van der Waals surface area contributed by atoms with Crippen LogP contribution in [0.25, 0.3) is 11.3 Å². The molecule has 0 spiro atoms. The van der Waals surface area contributed by atoms with E-state index in [1.807, 2.05) is 6.26 Å². The lowest BCUT2D eigenvalue weighted by molar-refractivity contribution is 0.0652. The molecule has 0 fully saturated rings. The van der Waals surface area contributed by atoms with Gasteiger partial charge in [-0.2, -0.15) is 0 Å². The maximum absolute atomic E-state index is 10.9. The molecule has 1 heterocycles. The molecule has 106 valence electrons. The lowest BCUT2D eigenvalue weighted by atomic mass is 10.1. The topological polar surface area (TPSA) is 81.8 Å². The Hall–Kier alpha value is -2.15. The van der Waals surface area contributed by atoms with Crippen LogP contribution in [-0.4, -0.2) is 36.7 Å². The molecule has 0 saturated heterocycles. The Morgan fingerprint density at radius 1 is 1.30 bits per heavy atom. The van der Waals surface area contributed by atoms with E-state index in [0.29, 0.717) is 22.8 Å². The van der Waals surface area contributed by atoms with Gasteiger partial charge in [0.2, 0.25) is 5.76 Å². The summed E-state index contributed by atoms with van der Waals surface area (Å²) in [5, 5.41) is 12.7. The molecule has 1 aromatic heterocycles. The molecule has 2 rings (SSSR count). The zero-order valence-corrected chi connectivity index (χ0v) is 12.0. The molecular formula is C13H13NO5S. The lowest BCUT2D eigenvalue weighted by Crippen LogP contribution is -1.94. The van der Waals surface area contributed by atoms with Gasteiger partial charge in [0, 0.05) is 6.07 Å². The van der Waals surface area contributed by atoms with Gasteiger partial charge in [-0.15, -0.1) is 11.8 Å². The van der Waals surface area contributed by atoms with Crippen molar-refractivity contribution in [2.24, 2.45) is 0 Å². The Labute approximate surface area is 119 Å². The van der Waals surface area contributed by atoms with Crippen LogP contribution in [0.5, 0.6) is 11.5 Å². The molecule has 0 aliphatic heterocycles. The molecule has 20 heavy (non-hydrogen) atoms. The first-order valence-corrected chi connectivity index (χ1v) is 6.84. The SMILES string of the molecule is COc1ccc(OC)c(-c2cc(C(=O)O)on2)c1SC. The van der Waals surface area contributed by atoms with Crippen LogP contribution in [0.1, 0.15) is 10.6 Å². The van der Waals surface area contributed by atoms with E-state index < -0.39 is 5.97 Å². The maximum Gasteiger partial charge on any atom is 0.374 e. The summed E-state index contributed by atoms with van der Waals surface area (Å²) in [5.41, 5.74) is 1.04. The Morgan fingerprint density at radius 2 is 1.95 bits per heavy atom. The minimum absolute atomic E-state index is 0.225. The number of thioether (sulfide) groups is 1. The van der Waals surface area contributed by atoms with Crippen LogP contribution >= 0.6 is 11.8 Å². The van der Waals surface area contributed by atoms with Crippen molar-refractivity contribution in [2.45, 2.75) is 4.90 Å². The summed E-state index contributed by atoms with van der Waals surface area (Å²) in [6, 6.07) is 4.88. The van der Waals surface area contributed by atoms with E-state index in [1.165, 1.54) is 24.9 Å². The highest BCUT2D eigenvalue weighted by Gasteiger charge is 2.21. The minimum atomic E-state index is -1.17. The van der Waals surface area contributed by atoms with Gasteiger partial charge < -0.3 is 19.1 Å². The van der Waals surface area contributed by atoms with E-state index >= 15 is 0 Å². The fraction of sp³-hybridized carbons (Fsp3) is 0.231. The number of carboxylic acid groups (broad SMARTS) is 1. The maximum atomic E-state index is 10.9. The van der Waals surface area contributed by atoms with Crippen molar-refractivity contribution in [1.82, 2.24) is 5.16 Å². The molecule has 0 bridgehead atoms. The third-order valence-electron chi connectivity index (χ3n) is 2.70. The number of rotatable bonds is 5. The van der Waals surface area contributed by atoms with Gasteiger partial charge in [0.05, 0.1) is 24.7 Å². The number of aromatic nitrogens is 1. The first-order chi connectivity index (χ1) is 9.62. The van der Waals surface area contributed by atoms with Crippen molar-refractivity contribution in [3.63, 3.8) is 0 Å². The summed E-state index contributed by atoms with van der Waals surface area (Å²) in [7, 11) is 3.10. The molecule has 1 N–H and O–H groups in total. The van der Waals surface area contributed by atoms with E-state index in [0.717, 1.165) is 4.90 Å². The number of hydrogen-bond donors (Lipinski definition) is 1. The summed E-state index contributed by atoms with van der Waals surface area (Å²) in [6.07, 6.45) is 1.89. The molecule has 0 amide bonds. The molecule has 7 heteroatoms. The van der Waals surface area contributed by atoms with Gasteiger partial charge in [-0.05, 0) is 18.4 Å². The van der Waals surface area contributed by atoms with Crippen LogP contribution in [0.2, 0.25) is 0 Å². The molecule has 1 aromatic carbocycles. The number of carboxylic acids is 1. The third kappa shape index (κ3) is 2.44. The Balaban J connectivity index is 2.65. The predicted octanol–water partition coefficient (Wildman–Crippen LogP) is 2.78. The third-order valence-corrected chi connectivity index (χ3v) is 3.52. The van der Waals surface area contributed by atoms with E-state index in [1.54, 1.807) is 19.2 Å². The van der Waals surface area contributed by atoms with Crippen molar-refractivity contribution >= 4 is 17.7 Å². The molecule has 2 aromatic rings. The van der Waals surface area contributed by atoms with Gasteiger partial charge in [0.25, 0.3) is 0 Å². The molecule has 0 radical (unpaired) electrons.